The van der Waals surface area contributed by atoms with E-state index in [1.54, 1.807) is 0 Å². The third kappa shape index (κ3) is 1.91. The number of nitrogen functional groups attached to an aromatic ring is 1. The number of rotatable bonds is 3. The molecule has 1 heterocycles. The van der Waals surface area contributed by atoms with Crippen molar-refractivity contribution in [2.24, 2.45) is 5.92 Å². The molecule has 0 unspecified atom stereocenters. The highest BCUT2D eigenvalue weighted by Gasteiger charge is 2.16. The Morgan fingerprint density at radius 3 is 2.71 bits per heavy atom. The monoisotopic (exact) mass is 194 g/mol. The summed E-state index contributed by atoms with van der Waals surface area (Å²) in [7, 11) is 0. The molecule has 14 heavy (non-hydrogen) atoms. The highest BCUT2D eigenvalue weighted by molar-refractivity contribution is 5.37. The Bertz CT molecular complexity index is 300. The van der Waals surface area contributed by atoms with E-state index in [9.17, 15) is 0 Å². The second-order valence-electron chi connectivity index (χ2n) is 4.31. The number of nitrogens with zero attached hydrogens (tertiary/aromatic N) is 1. The summed E-state index contributed by atoms with van der Waals surface area (Å²) < 4.78 is 4.94. The fourth-order valence-electron chi connectivity index (χ4n) is 2.26. The molecule has 1 fully saturated rings. The molecule has 2 N–H and O–H groups in total. The minimum absolute atomic E-state index is 0.478. The van der Waals surface area contributed by atoms with Crippen LogP contribution < -0.4 is 5.73 Å². The van der Waals surface area contributed by atoms with Gasteiger partial charge in [-0.05, 0) is 25.7 Å². The third-order valence-electron chi connectivity index (χ3n) is 3.32. The molecular formula is C11H18N2O. The van der Waals surface area contributed by atoms with Crippen LogP contribution in [0.3, 0.4) is 0 Å². The van der Waals surface area contributed by atoms with E-state index in [1.807, 2.05) is 6.92 Å². The van der Waals surface area contributed by atoms with Crippen molar-refractivity contribution in [1.29, 1.82) is 0 Å². The summed E-state index contributed by atoms with van der Waals surface area (Å²) in [4.78, 5) is 0. The summed E-state index contributed by atoms with van der Waals surface area (Å²) in [5.41, 5.74) is 7.68. The number of anilines is 1. The lowest BCUT2D eigenvalue weighted by Crippen LogP contribution is -1.98. The maximum absolute atomic E-state index is 5.60. The fourth-order valence-corrected chi connectivity index (χ4v) is 2.26. The molecule has 78 valence electrons. The molecule has 0 atom stereocenters. The predicted octanol–water partition coefficient (Wildman–Crippen LogP) is 2.69. The Hall–Kier alpha value is -0.990. The second kappa shape index (κ2) is 4.03. The van der Waals surface area contributed by atoms with Gasteiger partial charge in [-0.15, -0.1) is 0 Å². The SMILES string of the molecule is Cc1c(CCC2CCCC2)noc1N. The number of nitrogens with two attached hydrogens (primary N) is 1. The summed E-state index contributed by atoms with van der Waals surface area (Å²) in [6.45, 7) is 1.98. The molecule has 3 nitrogen and oxygen atoms in total. The largest absolute Gasteiger partial charge is 0.367 e. The van der Waals surface area contributed by atoms with Crippen LogP contribution in [-0.4, -0.2) is 5.16 Å². The van der Waals surface area contributed by atoms with Crippen molar-refractivity contribution in [3.63, 3.8) is 0 Å². The van der Waals surface area contributed by atoms with E-state index in [1.165, 1.54) is 32.1 Å². The van der Waals surface area contributed by atoms with Gasteiger partial charge in [-0.2, -0.15) is 0 Å². The van der Waals surface area contributed by atoms with E-state index < -0.39 is 0 Å². The van der Waals surface area contributed by atoms with Gasteiger partial charge in [0.15, 0.2) is 0 Å². The van der Waals surface area contributed by atoms with Gasteiger partial charge in [0.25, 0.3) is 0 Å². The highest BCUT2D eigenvalue weighted by atomic mass is 16.5. The third-order valence-corrected chi connectivity index (χ3v) is 3.32. The Morgan fingerprint density at radius 1 is 1.43 bits per heavy atom. The van der Waals surface area contributed by atoms with Crippen LogP contribution in [0.1, 0.15) is 43.4 Å². The van der Waals surface area contributed by atoms with Crippen LogP contribution in [0.2, 0.25) is 0 Å². The smallest absolute Gasteiger partial charge is 0.225 e. The first-order chi connectivity index (χ1) is 6.77. The van der Waals surface area contributed by atoms with Crippen LogP contribution >= 0.6 is 0 Å². The van der Waals surface area contributed by atoms with E-state index in [0.29, 0.717) is 5.88 Å². The van der Waals surface area contributed by atoms with E-state index in [-0.39, 0.29) is 0 Å². The van der Waals surface area contributed by atoms with Gasteiger partial charge in [0.1, 0.15) is 0 Å². The maximum Gasteiger partial charge on any atom is 0.225 e. The van der Waals surface area contributed by atoms with Crippen molar-refractivity contribution in [2.45, 2.75) is 45.4 Å². The van der Waals surface area contributed by atoms with Gasteiger partial charge in [0.2, 0.25) is 5.88 Å². The highest BCUT2D eigenvalue weighted by Crippen LogP contribution is 2.29. The van der Waals surface area contributed by atoms with Crippen molar-refractivity contribution < 1.29 is 4.52 Å². The normalized spacial score (nSPS) is 17.8. The van der Waals surface area contributed by atoms with Crippen LogP contribution in [0.15, 0.2) is 4.52 Å². The summed E-state index contributed by atoms with van der Waals surface area (Å²) >= 11 is 0. The topological polar surface area (TPSA) is 52.0 Å². The Kier molecular flexibility index (Phi) is 2.75. The molecule has 1 aliphatic rings. The van der Waals surface area contributed by atoms with Crippen molar-refractivity contribution in [2.75, 3.05) is 5.73 Å². The summed E-state index contributed by atoms with van der Waals surface area (Å²) in [6.07, 6.45) is 7.87. The van der Waals surface area contributed by atoms with Crippen LogP contribution in [-0.2, 0) is 6.42 Å². The zero-order valence-corrected chi connectivity index (χ0v) is 8.75. The molecule has 2 rings (SSSR count). The van der Waals surface area contributed by atoms with Crippen molar-refractivity contribution in [1.82, 2.24) is 5.16 Å². The van der Waals surface area contributed by atoms with Crippen molar-refractivity contribution in [3.05, 3.63) is 11.3 Å². The zero-order chi connectivity index (χ0) is 9.97. The molecule has 0 radical (unpaired) electrons. The standard InChI is InChI=1S/C11H18N2O/c1-8-10(13-14-11(8)12)7-6-9-4-2-3-5-9/h9H,2-7,12H2,1H3. The fraction of sp³-hybridized carbons (Fsp3) is 0.727. The Labute approximate surface area is 84.7 Å². The Balaban J connectivity index is 1.88. The van der Waals surface area contributed by atoms with E-state index >= 15 is 0 Å². The Morgan fingerprint density at radius 2 is 2.14 bits per heavy atom. The molecule has 0 aromatic carbocycles. The van der Waals surface area contributed by atoms with Crippen molar-refractivity contribution >= 4 is 5.88 Å². The zero-order valence-electron chi connectivity index (χ0n) is 8.75. The molecule has 0 amide bonds. The number of aromatic nitrogens is 1. The molecule has 0 saturated heterocycles. The summed E-state index contributed by atoms with van der Waals surface area (Å²) in [6, 6.07) is 0. The maximum atomic E-state index is 5.60. The molecular weight excluding hydrogens is 176 g/mol. The molecule has 3 heteroatoms. The molecule has 0 spiro atoms. The quantitative estimate of drug-likeness (QED) is 0.804. The first-order valence-electron chi connectivity index (χ1n) is 5.48. The van der Waals surface area contributed by atoms with E-state index in [0.717, 1.165) is 23.6 Å². The lowest BCUT2D eigenvalue weighted by atomic mass is 9.99. The molecule has 1 aromatic rings. The number of aryl methyl sites for hydroxylation is 1. The number of hydrogen-bond donors (Lipinski definition) is 1. The van der Waals surface area contributed by atoms with Crippen LogP contribution in [0.25, 0.3) is 0 Å². The first kappa shape index (κ1) is 9.56. The summed E-state index contributed by atoms with van der Waals surface area (Å²) in [5.74, 6) is 1.39. The van der Waals surface area contributed by atoms with Gasteiger partial charge < -0.3 is 10.3 Å². The van der Waals surface area contributed by atoms with Gasteiger partial charge >= 0.3 is 0 Å². The average Bonchev–Trinajstić information content (AvgIpc) is 2.77. The molecule has 1 aromatic heterocycles. The molecule has 0 aliphatic heterocycles. The molecule has 1 aliphatic carbocycles. The first-order valence-corrected chi connectivity index (χ1v) is 5.48. The minimum Gasteiger partial charge on any atom is -0.367 e. The predicted molar refractivity (Wildman–Crippen MR) is 55.9 cm³/mol. The van der Waals surface area contributed by atoms with Gasteiger partial charge in [0, 0.05) is 5.56 Å². The number of hydrogen-bond acceptors (Lipinski definition) is 3. The van der Waals surface area contributed by atoms with Crippen LogP contribution in [0.5, 0.6) is 0 Å². The van der Waals surface area contributed by atoms with E-state index in [4.69, 9.17) is 10.3 Å². The average molecular weight is 194 g/mol. The minimum atomic E-state index is 0.478. The lowest BCUT2D eigenvalue weighted by Gasteiger charge is -2.06. The van der Waals surface area contributed by atoms with Gasteiger partial charge in [-0.3, -0.25) is 0 Å². The van der Waals surface area contributed by atoms with Crippen LogP contribution in [0, 0.1) is 12.8 Å². The summed E-state index contributed by atoms with van der Waals surface area (Å²) in [5, 5.41) is 3.98. The van der Waals surface area contributed by atoms with Gasteiger partial charge in [-0.1, -0.05) is 30.8 Å². The molecule has 1 saturated carbocycles. The van der Waals surface area contributed by atoms with Crippen LogP contribution in [0.4, 0.5) is 5.88 Å². The van der Waals surface area contributed by atoms with Gasteiger partial charge in [0.05, 0.1) is 5.69 Å². The molecule has 0 bridgehead atoms. The lowest BCUT2D eigenvalue weighted by molar-refractivity contribution is 0.419. The van der Waals surface area contributed by atoms with E-state index in [2.05, 4.69) is 5.16 Å². The van der Waals surface area contributed by atoms with Gasteiger partial charge in [-0.25, -0.2) is 0 Å². The van der Waals surface area contributed by atoms with Crippen molar-refractivity contribution in [3.8, 4) is 0 Å². The second-order valence-corrected chi connectivity index (χ2v) is 4.31.